The van der Waals surface area contributed by atoms with Crippen LogP contribution in [0, 0.1) is 5.92 Å². The Morgan fingerprint density at radius 3 is 2.74 bits per heavy atom. The molecule has 2 heterocycles. The molecule has 34 heavy (non-hydrogen) atoms. The number of nitrogens with two attached hydrogens (primary N) is 1. The summed E-state index contributed by atoms with van der Waals surface area (Å²) in [5.74, 6) is -1.60. The predicted molar refractivity (Wildman–Crippen MR) is 124 cm³/mol. The number of nitrogens with one attached hydrogen (secondary N) is 4. The maximum Gasteiger partial charge on any atom is 0.326 e. The van der Waals surface area contributed by atoms with Gasteiger partial charge in [-0.3, -0.25) is 9.59 Å². The van der Waals surface area contributed by atoms with Gasteiger partial charge in [-0.2, -0.15) is 0 Å². The first-order chi connectivity index (χ1) is 16.2. The zero-order valence-corrected chi connectivity index (χ0v) is 19.5. The molecule has 12 heteroatoms. The second-order valence-corrected chi connectivity index (χ2v) is 8.53. The minimum absolute atomic E-state index is 0.0189. The normalized spacial score (nSPS) is 21.1. The van der Waals surface area contributed by atoms with E-state index in [4.69, 9.17) is 10.5 Å². The lowest BCUT2D eigenvalue weighted by atomic mass is 10.0. The Hall–Kier alpha value is -3.41. The lowest BCUT2D eigenvalue weighted by Gasteiger charge is -2.26. The lowest BCUT2D eigenvalue weighted by Crippen LogP contribution is -2.56. The number of aliphatic carboxylic acids is 1. The summed E-state index contributed by atoms with van der Waals surface area (Å²) in [6.45, 7) is 5.08. The quantitative estimate of drug-likeness (QED) is 0.324. The number of anilines is 1. The smallest absolute Gasteiger partial charge is 0.326 e. The number of ether oxygens (including phenoxy) is 1. The van der Waals surface area contributed by atoms with Gasteiger partial charge in [0.1, 0.15) is 17.9 Å². The molecule has 0 saturated carbocycles. The molecule has 7 N–H and O–H groups in total. The van der Waals surface area contributed by atoms with Crippen LogP contribution in [0.15, 0.2) is 18.3 Å². The minimum Gasteiger partial charge on any atom is -0.480 e. The van der Waals surface area contributed by atoms with Crippen LogP contribution in [0.3, 0.4) is 0 Å². The Morgan fingerprint density at radius 1 is 1.32 bits per heavy atom. The van der Waals surface area contributed by atoms with Crippen molar-refractivity contribution in [2.24, 2.45) is 5.92 Å². The molecule has 1 unspecified atom stereocenters. The van der Waals surface area contributed by atoms with Crippen LogP contribution in [-0.4, -0.2) is 71.8 Å². The molecule has 1 saturated heterocycles. The van der Waals surface area contributed by atoms with E-state index in [2.05, 4.69) is 26.3 Å². The highest BCUT2D eigenvalue weighted by molar-refractivity contribution is 5.89. The topological polar surface area (TPSA) is 185 Å². The molecule has 0 aliphatic carbocycles. The van der Waals surface area contributed by atoms with Gasteiger partial charge in [0.25, 0.3) is 0 Å². The van der Waals surface area contributed by atoms with Crippen molar-refractivity contribution in [1.29, 1.82) is 0 Å². The zero-order valence-electron chi connectivity index (χ0n) is 19.5. The Labute approximate surface area is 198 Å². The molecule has 0 bridgehead atoms. The summed E-state index contributed by atoms with van der Waals surface area (Å²) < 4.78 is 5.62. The standard InChI is InChI=1S/C22H34N6O6/c1-13(2)17-12-34-9-3-8-24-19(29)7-5-15(20(30)26-17)27-22(33)28-16(21(31)32)10-14-4-6-18(23)25-11-14/h4,6,11,13,15-17H,3,5,7-10,12H2,1-2H3,(H2,23,25)(H,24,29)(H,26,30)(H,31,32)(H2,27,28,33)/t15-,16?,17-/m1/s1. The van der Waals surface area contributed by atoms with E-state index < -0.39 is 30.0 Å². The van der Waals surface area contributed by atoms with E-state index in [1.165, 1.54) is 12.3 Å². The Morgan fingerprint density at radius 2 is 2.09 bits per heavy atom. The van der Waals surface area contributed by atoms with Gasteiger partial charge in [-0.15, -0.1) is 0 Å². The van der Waals surface area contributed by atoms with Crippen LogP contribution in [0.25, 0.3) is 0 Å². The molecule has 188 valence electrons. The number of nitrogen functional groups attached to an aromatic ring is 1. The number of carboxylic acids is 1. The van der Waals surface area contributed by atoms with Gasteiger partial charge in [0.05, 0.1) is 12.6 Å². The minimum atomic E-state index is -1.26. The van der Waals surface area contributed by atoms with Crippen LogP contribution in [0.2, 0.25) is 0 Å². The molecule has 1 aliphatic heterocycles. The monoisotopic (exact) mass is 478 g/mol. The Balaban J connectivity index is 2.08. The molecular formula is C22H34N6O6. The van der Waals surface area contributed by atoms with E-state index in [1.807, 2.05) is 13.8 Å². The summed E-state index contributed by atoms with van der Waals surface area (Å²) in [5, 5.41) is 20.0. The maximum absolute atomic E-state index is 12.9. The van der Waals surface area contributed by atoms with Crippen LogP contribution in [-0.2, 0) is 25.5 Å². The number of hydrogen-bond donors (Lipinski definition) is 6. The van der Waals surface area contributed by atoms with Gasteiger partial charge >= 0.3 is 12.0 Å². The number of carbonyl (C=O) groups excluding carboxylic acids is 3. The van der Waals surface area contributed by atoms with Gasteiger partial charge in [-0.1, -0.05) is 19.9 Å². The van der Waals surface area contributed by atoms with Crippen LogP contribution in [0.1, 0.15) is 38.7 Å². The van der Waals surface area contributed by atoms with Crippen molar-refractivity contribution in [1.82, 2.24) is 26.3 Å². The molecule has 0 radical (unpaired) electrons. The number of rotatable bonds is 6. The lowest BCUT2D eigenvalue weighted by molar-refractivity contribution is -0.139. The van der Waals surface area contributed by atoms with Crippen molar-refractivity contribution in [3.63, 3.8) is 0 Å². The molecule has 1 fully saturated rings. The molecule has 0 spiro atoms. The third kappa shape index (κ3) is 9.22. The van der Waals surface area contributed by atoms with Crippen molar-refractivity contribution in [3.05, 3.63) is 23.9 Å². The number of nitrogens with zero attached hydrogens (tertiary/aromatic N) is 1. The molecule has 0 aromatic carbocycles. The Bertz CT molecular complexity index is 847. The number of urea groups is 1. The summed E-state index contributed by atoms with van der Waals surface area (Å²) in [5.41, 5.74) is 6.11. The number of carboxylic acid groups (broad SMARTS) is 1. The third-order valence-corrected chi connectivity index (χ3v) is 5.39. The van der Waals surface area contributed by atoms with Crippen molar-refractivity contribution in [3.8, 4) is 0 Å². The van der Waals surface area contributed by atoms with E-state index in [9.17, 15) is 24.3 Å². The molecule has 12 nitrogen and oxygen atoms in total. The van der Waals surface area contributed by atoms with Crippen LogP contribution >= 0.6 is 0 Å². The fourth-order valence-electron chi connectivity index (χ4n) is 3.28. The average molecular weight is 479 g/mol. The SMILES string of the molecule is CC(C)[C@H]1COCCCNC(=O)CC[C@@H](NC(=O)NC(Cc2ccc(N)nc2)C(=O)O)C(=O)N1. The molecule has 1 aromatic rings. The van der Waals surface area contributed by atoms with E-state index in [0.717, 1.165) is 0 Å². The molecule has 4 amide bonds. The summed E-state index contributed by atoms with van der Waals surface area (Å²) in [6, 6.07) is -0.269. The zero-order chi connectivity index (χ0) is 25.1. The number of pyridine rings is 1. The van der Waals surface area contributed by atoms with Crippen molar-refractivity contribution in [2.45, 2.75) is 57.7 Å². The molecule has 3 atom stereocenters. The molecule has 1 aromatic heterocycles. The van der Waals surface area contributed by atoms with Gasteiger partial charge < -0.3 is 36.8 Å². The first-order valence-corrected chi connectivity index (χ1v) is 11.3. The summed E-state index contributed by atoms with van der Waals surface area (Å²) in [6.07, 6.45) is 2.12. The van der Waals surface area contributed by atoms with Crippen LogP contribution in [0.5, 0.6) is 0 Å². The number of aromatic nitrogens is 1. The highest BCUT2D eigenvalue weighted by Gasteiger charge is 2.28. The summed E-state index contributed by atoms with van der Waals surface area (Å²) in [7, 11) is 0. The maximum atomic E-state index is 12.9. The second-order valence-electron chi connectivity index (χ2n) is 8.53. The van der Waals surface area contributed by atoms with Gasteiger partial charge in [-0.05, 0) is 30.4 Å². The molecular weight excluding hydrogens is 444 g/mol. The number of amides is 4. The largest absolute Gasteiger partial charge is 0.480 e. The van der Waals surface area contributed by atoms with Crippen molar-refractivity contribution >= 4 is 29.6 Å². The van der Waals surface area contributed by atoms with Crippen LogP contribution in [0.4, 0.5) is 10.6 Å². The van der Waals surface area contributed by atoms with Gasteiger partial charge in [0.2, 0.25) is 11.8 Å². The highest BCUT2D eigenvalue weighted by Crippen LogP contribution is 2.08. The van der Waals surface area contributed by atoms with Crippen molar-refractivity contribution < 1.29 is 29.0 Å². The molecule has 1 aliphatic rings. The molecule has 2 rings (SSSR count). The van der Waals surface area contributed by atoms with E-state index >= 15 is 0 Å². The predicted octanol–water partition coefficient (Wildman–Crippen LogP) is -0.215. The Kier molecular flexibility index (Phi) is 10.5. The van der Waals surface area contributed by atoms with E-state index in [-0.39, 0.29) is 37.1 Å². The first kappa shape index (κ1) is 26.8. The van der Waals surface area contributed by atoms with E-state index in [0.29, 0.717) is 37.6 Å². The number of hydrogen-bond acceptors (Lipinski definition) is 7. The third-order valence-electron chi connectivity index (χ3n) is 5.39. The summed E-state index contributed by atoms with van der Waals surface area (Å²) >= 11 is 0. The van der Waals surface area contributed by atoms with Gasteiger partial charge in [0.15, 0.2) is 0 Å². The van der Waals surface area contributed by atoms with Crippen LogP contribution < -0.4 is 27.0 Å². The first-order valence-electron chi connectivity index (χ1n) is 11.3. The number of carbonyl (C=O) groups is 4. The van der Waals surface area contributed by atoms with Gasteiger partial charge in [0, 0.05) is 32.2 Å². The van der Waals surface area contributed by atoms with Gasteiger partial charge in [-0.25, -0.2) is 14.6 Å². The van der Waals surface area contributed by atoms with Crippen molar-refractivity contribution in [2.75, 3.05) is 25.5 Å². The fraction of sp³-hybridized carbons (Fsp3) is 0.591. The van der Waals surface area contributed by atoms with E-state index in [1.54, 1.807) is 6.07 Å². The fourth-order valence-corrected chi connectivity index (χ4v) is 3.28. The highest BCUT2D eigenvalue weighted by atomic mass is 16.5. The summed E-state index contributed by atoms with van der Waals surface area (Å²) in [4.78, 5) is 53.2. The second kappa shape index (κ2) is 13.3. The average Bonchev–Trinajstić information content (AvgIpc) is 2.79.